The largest absolute Gasteiger partial charge is 0.507 e. The highest BCUT2D eigenvalue weighted by atomic mass is 19.1. The quantitative estimate of drug-likeness (QED) is 0.523. The summed E-state index contributed by atoms with van der Waals surface area (Å²) in [6.07, 6.45) is 0. The first-order valence-electron chi connectivity index (χ1n) is 11.0. The summed E-state index contributed by atoms with van der Waals surface area (Å²) in [5.41, 5.74) is 3.90. The van der Waals surface area contributed by atoms with Crippen LogP contribution in [0.5, 0.6) is 5.75 Å². The highest BCUT2D eigenvalue weighted by molar-refractivity contribution is 5.89. The second kappa shape index (κ2) is 10.8. The molecular formula is C26H30FN3O2. The lowest BCUT2D eigenvalue weighted by Gasteiger charge is -2.29. The van der Waals surface area contributed by atoms with E-state index in [1.54, 1.807) is 12.1 Å². The third-order valence-electron chi connectivity index (χ3n) is 5.27. The van der Waals surface area contributed by atoms with Gasteiger partial charge in [-0.1, -0.05) is 50.2 Å². The molecule has 3 N–H and O–H groups in total. The number of piperazine rings is 1. The van der Waals surface area contributed by atoms with Crippen LogP contribution in [0.4, 0.5) is 15.8 Å². The van der Waals surface area contributed by atoms with Crippen molar-refractivity contribution in [2.45, 2.75) is 20.8 Å². The van der Waals surface area contributed by atoms with Gasteiger partial charge in [0.25, 0.3) is 0 Å². The number of halogens is 1. The van der Waals surface area contributed by atoms with E-state index in [0.717, 1.165) is 37.4 Å². The summed E-state index contributed by atoms with van der Waals surface area (Å²) in [5, 5.41) is 16.8. The number of phenols is 1. The van der Waals surface area contributed by atoms with E-state index in [1.165, 1.54) is 19.1 Å². The summed E-state index contributed by atoms with van der Waals surface area (Å²) in [5.74, 6) is -0.786. The number of aromatic hydroxyl groups is 1. The lowest BCUT2D eigenvalue weighted by atomic mass is 9.96. The Kier molecular flexibility index (Phi) is 7.84. The fraction of sp³-hybridized carbons (Fsp3) is 0.269. The van der Waals surface area contributed by atoms with Crippen molar-refractivity contribution in [2.24, 2.45) is 0 Å². The molecule has 32 heavy (non-hydrogen) atoms. The predicted octanol–water partition coefficient (Wildman–Crippen LogP) is 5.26. The predicted molar refractivity (Wildman–Crippen MR) is 130 cm³/mol. The minimum atomic E-state index is -0.548. The molecule has 0 aliphatic carbocycles. The molecule has 4 rings (SSSR count). The summed E-state index contributed by atoms with van der Waals surface area (Å²) < 4.78 is 14.4. The van der Waals surface area contributed by atoms with Crippen LogP contribution in [0.25, 0.3) is 22.3 Å². The van der Waals surface area contributed by atoms with Gasteiger partial charge in [0.1, 0.15) is 11.6 Å². The number of carbonyl (C=O) groups excluding carboxylic acids is 1. The van der Waals surface area contributed by atoms with Crippen LogP contribution in [0.3, 0.4) is 0 Å². The van der Waals surface area contributed by atoms with E-state index in [4.69, 9.17) is 0 Å². The van der Waals surface area contributed by atoms with Crippen molar-refractivity contribution in [2.75, 3.05) is 36.4 Å². The Morgan fingerprint density at radius 3 is 2.22 bits per heavy atom. The fourth-order valence-corrected chi connectivity index (χ4v) is 3.78. The minimum Gasteiger partial charge on any atom is -0.507 e. The summed E-state index contributed by atoms with van der Waals surface area (Å²) in [7, 11) is 0. The number of para-hydroxylation sites is 1. The van der Waals surface area contributed by atoms with Crippen molar-refractivity contribution in [3.63, 3.8) is 0 Å². The highest BCUT2D eigenvalue weighted by Crippen LogP contribution is 2.39. The topological polar surface area (TPSA) is 64.6 Å². The van der Waals surface area contributed by atoms with Gasteiger partial charge in [-0.05, 0) is 35.4 Å². The lowest BCUT2D eigenvalue weighted by molar-refractivity contribution is -0.114. The summed E-state index contributed by atoms with van der Waals surface area (Å²) in [6.45, 7) is 9.11. The molecule has 1 amide bonds. The Morgan fingerprint density at radius 1 is 0.969 bits per heavy atom. The standard InChI is InChI=1S/C24H24FN3O2.C2H6/c1-16(29)27-23-9-8-18(15-22(23)25)21-7-3-6-20(24(21)30)17-4-2-5-19(14-17)28-12-10-26-11-13-28;1-2/h2-9,14-15,26,30H,10-13H2,1H3,(H,27,29);1-2H3. The molecule has 3 aromatic rings. The van der Waals surface area contributed by atoms with E-state index in [0.29, 0.717) is 16.7 Å². The summed E-state index contributed by atoms with van der Waals surface area (Å²) in [4.78, 5) is 13.5. The molecule has 0 radical (unpaired) electrons. The van der Waals surface area contributed by atoms with Gasteiger partial charge >= 0.3 is 0 Å². The molecule has 1 saturated heterocycles. The van der Waals surface area contributed by atoms with Crippen molar-refractivity contribution in [1.29, 1.82) is 0 Å². The van der Waals surface area contributed by atoms with Crippen LogP contribution in [0.15, 0.2) is 60.7 Å². The van der Waals surface area contributed by atoms with Gasteiger partial charge in [0.05, 0.1) is 5.69 Å². The van der Waals surface area contributed by atoms with Crippen LogP contribution in [0.1, 0.15) is 20.8 Å². The average Bonchev–Trinajstić information content (AvgIpc) is 2.82. The van der Waals surface area contributed by atoms with E-state index in [1.807, 2.05) is 38.1 Å². The maximum absolute atomic E-state index is 14.4. The number of rotatable bonds is 4. The molecule has 5 nitrogen and oxygen atoms in total. The van der Waals surface area contributed by atoms with Crippen LogP contribution in [-0.2, 0) is 4.79 Å². The van der Waals surface area contributed by atoms with Gasteiger partial charge in [0, 0.05) is 49.9 Å². The molecule has 0 unspecified atom stereocenters. The van der Waals surface area contributed by atoms with Crippen LogP contribution in [-0.4, -0.2) is 37.2 Å². The van der Waals surface area contributed by atoms with Crippen LogP contribution >= 0.6 is 0 Å². The molecule has 1 aliphatic rings. The van der Waals surface area contributed by atoms with Crippen molar-refractivity contribution in [3.05, 3.63) is 66.5 Å². The number of hydrogen-bond donors (Lipinski definition) is 3. The molecule has 6 heteroatoms. The van der Waals surface area contributed by atoms with Crippen molar-refractivity contribution in [1.82, 2.24) is 5.32 Å². The van der Waals surface area contributed by atoms with Crippen molar-refractivity contribution in [3.8, 4) is 28.0 Å². The first kappa shape index (κ1) is 23.3. The minimum absolute atomic E-state index is 0.0987. The third-order valence-corrected chi connectivity index (χ3v) is 5.27. The van der Waals surface area contributed by atoms with E-state index in [9.17, 15) is 14.3 Å². The maximum Gasteiger partial charge on any atom is 0.221 e. The highest BCUT2D eigenvalue weighted by Gasteiger charge is 2.15. The van der Waals surface area contributed by atoms with Crippen LogP contribution in [0, 0.1) is 5.82 Å². The second-order valence-corrected chi connectivity index (χ2v) is 7.36. The number of amides is 1. The molecular weight excluding hydrogens is 405 g/mol. The van der Waals surface area contributed by atoms with E-state index in [-0.39, 0.29) is 17.3 Å². The molecule has 3 aromatic carbocycles. The lowest BCUT2D eigenvalue weighted by Crippen LogP contribution is -2.43. The Bertz CT molecular complexity index is 1080. The fourth-order valence-electron chi connectivity index (χ4n) is 3.78. The van der Waals surface area contributed by atoms with E-state index >= 15 is 0 Å². The molecule has 0 aromatic heterocycles. The number of nitrogens with one attached hydrogen (secondary N) is 2. The van der Waals surface area contributed by atoms with Crippen molar-refractivity contribution >= 4 is 17.3 Å². The molecule has 0 spiro atoms. The van der Waals surface area contributed by atoms with E-state index < -0.39 is 5.82 Å². The molecule has 1 aliphatic heterocycles. The van der Waals surface area contributed by atoms with Crippen LogP contribution < -0.4 is 15.5 Å². The van der Waals surface area contributed by atoms with Gasteiger partial charge in [0.2, 0.25) is 5.91 Å². The number of nitrogens with zero attached hydrogens (tertiary/aromatic N) is 1. The number of benzene rings is 3. The molecule has 1 fully saturated rings. The maximum atomic E-state index is 14.4. The number of carbonyl (C=O) groups is 1. The first-order valence-corrected chi connectivity index (χ1v) is 11.0. The van der Waals surface area contributed by atoms with Gasteiger partial charge in [-0.25, -0.2) is 4.39 Å². The molecule has 0 atom stereocenters. The molecule has 1 heterocycles. The first-order chi connectivity index (χ1) is 15.5. The van der Waals surface area contributed by atoms with Gasteiger partial charge in [-0.2, -0.15) is 0 Å². The normalized spacial score (nSPS) is 13.2. The Hall–Kier alpha value is -3.38. The zero-order valence-corrected chi connectivity index (χ0v) is 18.8. The Balaban J connectivity index is 0.00000141. The second-order valence-electron chi connectivity index (χ2n) is 7.36. The summed E-state index contributed by atoms with van der Waals surface area (Å²) in [6, 6.07) is 18.1. The number of phenolic OH excluding ortho intramolecular Hbond substituents is 1. The van der Waals surface area contributed by atoms with Crippen LogP contribution in [0.2, 0.25) is 0 Å². The van der Waals surface area contributed by atoms with E-state index in [2.05, 4.69) is 27.7 Å². The van der Waals surface area contributed by atoms with Gasteiger partial charge in [-0.15, -0.1) is 0 Å². The molecule has 168 valence electrons. The summed E-state index contributed by atoms with van der Waals surface area (Å²) >= 11 is 0. The Morgan fingerprint density at radius 2 is 1.59 bits per heavy atom. The zero-order valence-electron chi connectivity index (χ0n) is 18.8. The third kappa shape index (κ3) is 5.26. The van der Waals surface area contributed by atoms with Gasteiger partial charge in [0.15, 0.2) is 0 Å². The van der Waals surface area contributed by atoms with Gasteiger partial charge < -0.3 is 20.6 Å². The molecule has 0 saturated carbocycles. The smallest absolute Gasteiger partial charge is 0.221 e. The van der Waals surface area contributed by atoms with Crippen molar-refractivity contribution < 1.29 is 14.3 Å². The monoisotopic (exact) mass is 435 g/mol. The Labute approximate surface area is 188 Å². The average molecular weight is 436 g/mol. The number of anilines is 2. The SMILES string of the molecule is CC.CC(=O)Nc1ccc(-c2cccc(-c3cccc(N4CCNCC4)c3)c2O)cc1F. The van der Waals surface area contributed by atoms with Gasteiger partial charge in [-0.3, -0.25) is 4.79 Å². The zero-order chi connectivity index (χ0) is 23.1. The molecule has 0 bridgehead atoms. The number of hydrogen-bond acceptors (Lipinski definition) is 4.